The number of carbonyl (C=O) groups excluding carboxylic acids is 5. The van der Waals surface area contributed by atoms with Crippen molar-refractivity contribution in [3.8, 4) is 10.4 Å². The number of ketones is 2. The van der Waals surface area contributed by atoms with Crippen molar-refractivity contribution in [3.05, 3.63) is 111 Å². The number of β-amino-alcohol motifs (C(OH)–C–C–N with tert-alkyl or cyclic N) is 1. The van der Waals surface area contributed by atoms with E-state index in [1.807, 2.05) is 74.5 Å². The molecule has 362 valence electrons. The first-order valence-corrected chi connectivity index (χ1v) is 25.3. The minimum Gasteiger partial charge on any atom is -0.391 e. The third-order valence-electron chi connectivity index (χ3n) is 14.7. The molecule has 5 aromatic rings. The molecule has 8 rings (SSSR count). The minimum absolute atomic E-state index is 0.000882. The summed E-state index contributed by atoms with van der Waals surface area (Å²) < 4.78 is 0. The van der Waals surface area contributed by atoms with Crippen molar-refractivity contribution in [2.75, 3.05) is 37.6 Å². The number of hydrogen-bond acceptors (Lipinski definition) is 9. The van der Waals surface area contributed by atoms with Gasteiger partial charge < -0.3 is 30.1 Å². The van der Waals surface area contributed by atoms with E-state index in [0.29, 0.717) is 69.5 Å². The molecule has 0 unspecified atom stereocenters. The van der Waals surface area contributed by atoms with Crippen molar-refractivity contribution in [1.29, 1.82) is 0 Å². The number of aliphatic hydroxyl groups is 1. The van der Waals surface area contributed by atoms with Crippen LogP contribution in [0.3, 0.4) is 0 Å². The lowest BCUT2D eigenvalue weighted by atomic mass is 9.70. The van der Waals surface area contributed by atoms with E-state index in [0.717, 1.165) is 67.1 Å². The number of nitrogens with zero attached hydrogens (tertiary/aromatic N) is 5. The zero-order chi connectivity index (χ0) is 49.4. The molecule has 3 aliphatic rings. The molecule has 4 heterocycles. The summed E-state index contributed by atoms with van der Waals surface area (Å²) in [7, 11) is 0. The van der Waals surface area contributed by atoms with Crippen LogP contribution < -0.4 is 10.2 Å². The van der Waals surface area contributed by atoms with E-state index >= 15 is 0 Å². The Labute approximate surface area is 409 Å². The molecule has 2 saturated heterocycles. The van der Waals surface area contributed by atoms with Gasteiger partial charge in [0.05, 0.1) is 34.3 Å². The molecule has 1 aliphatic carbocycles. The Kier molecular flexibility index (Phi) is 14.3. The number of nitrogens with one attached hydrogen (secondary N) is 2. The molecule has 2 aromatic heterocycles. The molecule has 3 atom stereocenters. The molecule has 0 saturated carbocycles. The Hall–Kier alpha value is -6.17. The number of aliphatic hydroxyl groups excluding tert-OH is 1. The summed E-state index contributed by atoms with van der Waals surface area (Å²) >= 11 is 1.58. The molecular weight excluding hydrogens is 887 g/mol. The number of thiazole rings is 1. The molecule has 3 N–H and O–H groups in total. The number of Topliss-reactive ketones (excluding diaryl/α,β-unsaturated/α-hetero) is 1. The van der Waals surface area contributed by atoms with Crippen LogP contribution in [0, 0.1) is 24.8 Å². The molecule has 14 heteroatoms. The first-order valence-electron chi connectivity index (χ1n) is 24.4. The Morgan fingerprint density at radius 1 is 1.00 bits per heavy atom. The van der Waals surface area contributed by atoms with Gasteiger partial charge in [-0.05, 0) is 72.1 Å². The minimum atomic E-state index is -0.836. The van der Waals surface area contributed by atoms with E-state index in [1.54, 1.807) is 17.4 Å². The number of aromatic amines is 1. The highest BCUT2D eigenvalue weighted by Gasteiger charge is 2.45. The Balaban J connectivity index is 0.799. The topological polar surface area (TPSA) is 160 Å². The number of likely N-dealkylation sites (tertiary alicyclic amines) is 1. The van der Waals surface area contributed by atoms with Crippen LogP contribution in [0.15, 0.2) is 60.1 Å². The number of piperazine rings is 1. The maximum Gasteiger partial charge on any atom is 0.243 e. The van der Waals surface area contributed by atoms with Crippen molar-refractivity contribution >= 4 is 62.9 Å². The molecule has 0 bridgehead atoms. The second kappa shape index (κ2) is 20.0. The van der Waals surface area contributed by atoms with Gasteiger partial charge in [0.25, 0.3) is 0 Å². The van der Waals surface area contributed by atoms with Crippen LogP contribution in [-0.2, 0) is 37.6 Å². The van der Waals surface area contributed by atoms with Gasteiger partial charge in [-0.3, -0.25) is 24.0 Å². The number of amides is 3. The summed E-state index contributed by atoms with van der Waals surface area (Å²) in [5.41, 5.74) is 10.5. The van der Waals surface area contributed by atoms with E-state index in [2.05, 4.69) is 57.9 Å². The van der Waals surface area contributed by atoms with Gasteiger partial charge in [0.15, 0.2) is 11.5 Å². The molecule has 69 heavy (non-hydrogen) atoms. The Morgan fingerprint density at radius 3 is 2.39 bits per heavy atom. The van der Waals surface area contributed by atoms with E-state index in [-0.39, 0.29) is 55.2 Å². The third-order valence-corrected chi connectivity index (χ3v) is 15.6. The number of H-pyrrole nitrogens is 1. The van der Waals surface area contributed by atoms with E-state index < -0.39 is 28.9 Å². The Bertz CT molecular complexity index is 2820. The van der Waals surface area contributed by atoms with Crippen molar-refractivity contribution in [2.24, 2.45) is 11.3 Å². The third kappa shape index (κ3) is 10.1. The summed E-state index contributed by atoms with van der Waals surface area (Å²) in [6.45, 7) is 24.5. The van der Waals surface area contributed by atoms with E-state index in [1.165, 1.54) is 4.90 Å². The van der Waals surface area contributed by atoms with Gasteiger partial charge in [-0.25, -0.2) is 9.83 Å². The molecule has 3 aromatic carbocycles. The highest BCUT2D eigenvalue weighted by atomic mass is 32.1. The average molecular weight is 952 g/mol. The normalized spacial score (nSPS) is 18.2. The summed E-state index contributed by atoms with van der Waals surface area (Å²) in [5, 5.41) is 14.5. The van der Waals surface area contributed by atoms with Gasteiger partial charge in [-0.2, -0.15) is 0 Å². The predicted molar refractivity (Wildman–Crippen MR) is 271 cm³/mol. The van der Waals surface area contributed by atoms with E-state index in [4.69, 9.17) is 6.57 Å². The van der Waals surface area contributed by atoms with Crippen molar-refractivity contribution in [3.63, 3.8) is 0 Å². The predicted octanol–water partition coefficient (Wildman–Crippen LogP) is 9.08. The number of aryl methyl sites for hydroxylation is 2. The number of carbonyl (C=O) groups is 5. The van der Waals surface area contributed by atoms with Crippen LogP contribution >= 0.6 is 11.3 Å². The Morgan fingerprint density at radius 2 is 1.72 bits per heavy atom. The number of fused-ring (bicyclic) bond motifs is 4. The number of benzene rings is 3. The molecule has 0 radical (unpaired) electrons. The van der Waals surface area contributed by atoms with Crippen molar-refractivity contribution < 1.29 is 29.1 Å². The van der Waals surface area contributed by atoms with Crippen LogP contribution in [0.2, 0.25) is 0 Å². The zero-order valence-electron chi connectivity index (χ0n) is 41.0. The number of rotatable bonds is 15. The second-order valence-corrected chi connectivity index (χ2v) is 21.6. The van der Waals surface area contributed by atoms with Gasteiger partial charge in [-0.15, -0.1) is 11.3 Å². The lowest BCUT2D eigenvalue weighted by Crippen LogP contribution is -2.50. The summed E-state index contributed by atoms with van der Waals surface area (Å²) in [5.74, 6) is -1.21. The van der Waals surface area contributed by atoms with Crippen LogP contribution in [-0.4, -0.2) is 99.0 Å². The van der Waals surface area contributed by atoms with Gasteiger partial charge in [0.2, 0.25) is 17.7 Å². The van der Waals surface area contributed by atoms with Gasteiger partial charge in [0, 0.05) is 104 Å². The molecule has 13 nitrogen and oxygen atoms in total. The number of anilines is 1. The SMILES string of the molecule is [C-]#[N+]c1ccc2c3c([nH]c2c1)C(C)(C)c1cc(N2CCN(C(=O)CCCCCC(=O)C[C@H](C(=O)N4C[C@H](O)C[C@H]4C(=O)NCc4ccc(-c5scnc5C)cc4)C(C)(C)C)CC2)c(CC)cc1C3=O. The molecule has 0 spiro atoms. The van der Waals surface area contributed by atoms with Crippen LogP contribution in [0.25, 0.3) is 26.2 Å². The lowest BCUT2D eigenvalue weighted by molar-refractivity contribution is -0.146. The average Bonchev–Trinajstić information content (AvgIpc) is 4.07. The highest BCUT2D eigenvalue weighted by molar-refractivity contribution is 7.13. The summed E-state index contributed by atoms with van der Waals surface area (Å²) in [6.07, 6.45) is 2.79. The summed E-state index contributed by atoms with van der Waals surface area (Å²) in [6, 6.07) is 16.8. The molecular formula is C55H65N7O6S. The maximum atomic E-state index is 14.2. The number of hydrogen-bond donors (Lipinski definition) is 3. The number of aromatic nitrogens is 2. The fourth-order valence-electron chi connectivity index (χ4n) is 10.5. The van der Waals surface area contributed by atoms with Crippen molar-refractivity contribution in [2.45, 2.75) is 124 Å². The first-order chi connectivity index (χ1) is 32.9. The van der Waals surface area contributed by atoms with Crippen LogP contribution in [0.4, 0.5) is 11.4 Å². The van der Waals surface area contributed by atoms with E-state index in [9.17, 15) is 29.1 Å². The fourth-order valence-corrected chi connectivity index (χ4v) is 11.3. The molecule has 2 fully saturated rings. The lowest BCUT2D eigenvalue weighted by Gasteiger charge is -2.39. The number of unbranched alkanes of at least 4 members (excludes halogenated alkanes) is 2. The zero-order valence-corrected chi connectivity index (χ0v) is 41.9. The smallest absolute Gasteiger partial charge is 0.243 e. The monoisotopic (exact) mass is 951 g/mol. The quantitative estimate of drug-likeness (QED) is 0.0693. The molecule has 2 aliphatic heterocycles. The standard InChI is InChI=1S/C55H65N7O6S/c1-9-35-25-41-42(55(6,7)51-48(49(41)66)40-20-19-37(56-8)26-44(40)59-51)29-45(35)60-21-23-61(24-22-60)47(65)14-12-10-11-13-38(63)27-43(54(3,4)5)53(68)62-31-39(64)28-46(62)52(67)57-30-34-15-17-36(18-16-34)50-33(2)58-32-69-50/h15-20,25-26,29,32,39,43,46,59,64H,9-14,21-24,27-28,30-31H2,1-7H3,(H,57,67)/t39-,43-,46+/m1/s1. The largest absolute Gasteiger partial charge is 0.391 e. The fraction of sp³-hybridized carbons (Fsp3) is 0.473. The molecule has 3 amide bonds. The first kappa shape index (κ1) is 49.3. The second-order valence-electron chi connectivity index (χ2n) is 20.7. The highest BCUT2D eigenvalue weighted by Crippen LogP contribution is 2.46. The van der Waals surface area contributed by atoms with Crippen molar-refractivity contribution in [1.82, 2.24) is 25.1 Å². The van der Waals surface area contributed by atoms with Crippen LogP contribution in [0.1, 0.15) is 130 Å². The maximum absolute atomic E-state index is 14.2. The van der Waals surface area contributed by atoms with Crippen LogP contribution in [0.5, 0.6) is 0 Å². The van der Waals surface area contributed by atoms with Gasteiger partial charge in [-0.1, -0.05) is 84.4 Å². The van der Waals surface area contributed by atoms with Gasteiger partial charge in [0.1, 0.15) is 11.8 Å². The summed E-state index contributed by atoms with van der Waals surface area (Å²) in [4.78, 5) is 87.0. The van der Waals surface area contributed by atoms with Gasteiger partial charge >= 0.3 is 0 Å².